The molecule has 0 saturated carbocycles. The molecule has 24 heavy (non-hydrogen) atoms. The molecule has 0 fully saturated rings. The highest BCUT2D eigenvalue weighted by Crippen LogP contribution is 2.33. The zero-order valence-electron chi connectivity index (χ0n) is 15.3. The van der Waals surface area contributed by atoms with Crippen molar-refractivity contribution in [2.24, 2.45) is 7.05 Å². The molecule has 0 spiro atoms. The van der Waals surface area contributed by atoms with Gasteiger partial charge in [-0.2, -0.15) is 0 Å². The summed E-state index contributed by atoms with van der Waals surface area (Å²) in [7, 11) is 3.71. The first-order chi connectivity index (χ1) is 11.5. The molecule has 0 unspecified atom stereocenters. The maximum Gasteiger partial charge on any atom is 0.222 e. The number of aromatic nitrogens is 3. The molecule has 3 heterocycles. The molecular weight excluding hydrogens is 298 g/mol. The van der Waals surface area contributed by atoms with Crippen molar-refractivity contribution in [3.63, 3.8) is 0 Å². The van der Waals surface area contributed by atoms with Crippen LogP contribution in [0.4, 0.5) is 0 Å². The Morgan fingerprint density at radius 2 is 1.96 bits per heavy atom. The zero-order chi connectivity index (χ0) is 17.4. The third kappa shape index (κ3) is 2.66. The van der Waals surface area contributed by atoms with Gasteiger partial charge in [0.2, 0.25) is 5.88 Å². The van der Waals surface area contributed by atoms with Crippen LogP contribution in [0.5, 0.6) is 5.88 Å². The number of nitrogens with zero attached hydrogens (tertiary/aromatic N) is 3. The third-order valence-corrected chi connectivity index (χ3v) is 4.53. The lowest BCUT2D eigenvalue weighted by Crippen LogP contribution is -2.00. The lowest BCUT2D eigenvalue weighted by molar-refractivity contribution is 0.397. The standard InChI is InChI=1S/C20H25N3O/c1-7-14-11-23(5)19-16(14)10-13(4)18(22-19)15-8-9-17(12(2)3)21-20(15)24-6/h8-12H,7H2,1-6H3. The van der Waals surface area contributed by atoms with Crippen LogP contribution in [0.2, 0.25) is 0 Å². The highest BCUT2D eigenvalue weighted by atomic mass is 16.5. The molecule has 3 aromatic rings. The van der Waals surface area contributed by atoms with Crippen molar-refractivity contribution >= 4 is 11.0 Å². The van der Waals surface area contributed by atoms with Crippen LogP contribution in [0.25, 0.3) is 22.3 Å². The lowest BCUT2D eigenvalue weighted by Gasteiger charge is -2.13. The predicted octanol–water partition coefficient (Wildman–Crippen LogP) is 4.64. The van der Waals surface area contributed by atoms with E-state index in [9.17, 15) is 0 Å². The Morgan fingerprint density at radius 3 is 2.58 bits per heavy atom. The fraction of sp³-hybridized carbons (Fsp3) is 0.400. The molecule has 3 rings (SSSR count). The summed E-state index contributed by atoms with van der Waals surface area (Å²) in [4.78, 5) is 9.60. The Balaban J connectivity index is 2.22. The third-order valence-electron chi connectivity index (χ3n) is 4.53. The van der Waals surface area contributed by atoms with E-state index in [1.807, 2.05) is 7.05 Å². The summed E-state index contributed by atoms with van der Waals surface area (Å²) in [5.41, 5.74) is 6.38. The van der Waals surface area contributed by atoms with Gasteiger partial charge in [-0.05, 0) is 48.6 Å². The van der Waals surface area contributed by atoms with Gasteiger partial charge in [-0.3, -0.25) is 0 Å². The Bertz CT molecular complexity index is 894. The quantitative estimate of drug-likeness (QED) is 0.702. The second kappa shape index (κ2) is 6.27. The summed E-state index contributed by atoms with van der Waals surface area (Å²) in [6.45, 7) is 8.54. The molecule has 0 radical (unpaired) electrons. The molecule has 4 heteroatoms. The molecule has 4 nitrogen and oxygen atoms in total. The molecule has 0 amide bonds. The molecule has 0 aliphatic heterocycles. The Morgan fingerprint density at radius 1 is 1.21 bits per heavy atom. The number of ether oxygens (including phenoxy) is 1. The van der Waals surface area contributed by atoms with E-state index in [4.69, 9.17) is 9.72 Å². The maximum atomic E-state index is 5.56. The largest absolute Gasteiger partial charge is 0.480 e. The van der Waals surface area contributed by atoms with E-state index >= 15 is 0 Å². The van der Waals surface area contributed by atoms with Crippen LogP contribution in [0.1, 0.15) is 43.5 Å². The highest BCUT2D eigenvalue weighted by molar-refractivity contribution is 5.85. The van der Waals surface area contributed by atoms with Gasteiger partial charge in [-0.15, -0.1) is 0 Å². The average Bonchev–Trinajstić information content (AvgIpc) is 2.88. The minimum atomic E-state index is 0.365. The summed E-state index contributed by atoms with van der Waals surface area (Å²) in [5.74, 6) is 1.01. The lowest BCUT2D eigenvalue weighted by atomic mass is 10.0. The maximum absolute atomic E-state index is 5.56. The Hall–Kier alpha value is -2.36. The first-order valence-electron chi connectivity index (χ1n) is 8.47. The van der Waals surface area contributed by atoms with Crippen LogP contribution in [0, 0.1) is 6.92 Å². The molecule has 0 aromatic carbocycles. The first kappa shape index (κ1) is 16.5. The number of fused-ring (bicyclic) bond motifs is 1. The summed E-state index contributed by atoms with van der Waals surface area (Å²) in [6.07, 6.45) is 3.17. The number of methoxy groups -OCH3 is 1. The molecule has 0 aliphatic carbocycles. The van der Waals surface area contributed by atoms with Crippen molar-refractivity contribution in [1.29, 1.82) is 0 Å². The van der Waals surface area contributed by atoms with Gasteiger partial charge in [-0.25, -0.2) is 9.97 Å². The zero-order valence-corrected chi connectivity index (χ0v) is 15.3. The van der Waals surface area contributed by atoms with Crippen molar-refractivity contribution in [2.45, 2.75) is 40.0 Å². The Kier molecular flexibility index (Phi) is 4.31. The fourth-order valence-corrected chi connectivity index (χ4v) is 3.14. The molecule has 126 valence electrons. The van der Waals surface area contributed by atoms with Gasteiger partial charge in [-0.1, -0.05) is 20.8 Å². The first-order valence-corrected chi connectivity index (χ1v) is 8.47. The number of aryl methyl sites for hydroxylation is 3. The van der Waals surface area contributed by atoms with Crippen molar-refractivity contribution in [3.05, 3.63) is 41.2 Å². The van der Waals surface area contributed by atoms with Crippen LogP contribution in [0.15, 0.2) is 24.4 Å². The molecule has 0 aliphatic rings. The summed E-state index contributed by atoms with van der Waals surface area (Å²) >= 11 is 0. The number of rotatable bonds is 4. The normalized spacial score (nSPS) is 11.5. The molecule has 0 bridgehead atoms. The number of pyridine rings is 2. The van der Waals surface area contributed by atoms with Gasteiger partial charge in [0.15, 0.2) is 0 Å². The van der Waals surface area contributed by atoms with Crippen molar-refractivity contribution in [3.8, 4) is 17.1 Å². The summed E-state index contributed by atoms with van der Waals surface area (Å²) in [5, 5.41) is 1.23. The van der Waals surface area contributed by atoms with Gasteiger partial charge in [0, 0.05) is 24.3 Å². The van der Waals surface area contributed by atoms with Gasteiger partial charge in [0.05, 0.1) is 18.4 Å². The van der Waals surface area contributed by atoms with Crippen LogP contribution in [-0.2, 0) is 13.5 Å². The number of hydrogen-bond donors (Lipinski definition) is 0. The summed E-state index contributed by atoms with van der Waals surface area (Å²) in [6, 6.07) is 6.37. The smallest absolute Gasteiger partial charge is 0.222 e. The van der Waals surface area contributed by atoms with E-state index in [-0.39, 0.29) is 0 Å². The van der Waals surface area contributed by atoms with Gasteiger partial charge >= 0.3 is 0 Å². The van der Waals surface area contributed by atoms with Crippen molar-refractivity contribution < 1.29 is 4.74 Å². The second-order valence-electron chi connectivity index (χ2n) is 6.59. The van der Waals surface area contributed by atoms with E-state index in [0.717, 1.165) is 34.6 Å². The van der Waals surface area contributed by atoms with E-state index in [2.05, 4.69) is 61.6 Å². The second-order valence-corrected chi connectivity index (χ2v) is 6.59. The van der Waals surface area contributed by atoms with E-state index in [0.29, 0.717) is 11.8 Å². The van der Waals surface area contributed by atoms with E-state index in [1.54, 1.807) is 7.11 Å². The summed E-state index contributed by atoms with van der Waals surface area (Å²) < 4.78 is 7.65. The molecule has 0 N–H and O–H groups in total. The fourth-order valence-electron chi connectivity index (χ4n) is 3.14. The van der Waals surface area contributed by atoms with E-state index in [1.165, 1.54) is 10.9 Å². The Labute approximate surface area is 143 Å². The molecule has 3 aromatic heterocycles. The van der Waals surface area contributed by atoms with Crippen molar-refractivity contribution in [1.82, 2.24) is 14.5 Å². The van der Waals surface area contributed by atoms with Crippen LogP contribution in [-0.4, -0.2) is 21.6 Å². The van der Waals surface area contributed by atoms with Crippen molar-refractivity contribution in [2.75, 3.05) is 7.11 Å². The molecule has 0 atom stereocenters. The topological polar surface area (TPSA) is 39.9 Å². The van der Waals surface area contributed by atoms with E-state index < -0.39 is 0 Å². The minimum Gasteiger partial charge on any atom is -0.480 e. The van der Waals surface area contributed by atoms with Crippen LogP contribution >= 0.6 is 0 Å². The average molecular weight is 323 g/mol. The monoisotopic (exact) mass is 323 g/mol. The van der Waals surface area contributed by atoms with Crippen LogP contribution < -0.4 is 4.74 Å². The SMILES string of the molecule is CCc1cn(C)c2nc(-c3ccc(C(C)C)nc3OC)c(C)cc12. The van der Waals surface area contributed by atoms with Gasteiger partial charge < -0.3 is 9.30 Å². The van der Waals surface area contributed by atoms with Crippen LogP contribution in [0.3, 0.4) is 0 Å². The molecule has 0 saturated heterocycles. The number of hydrogen-bond acceptors (Lipinski definition) is 3. The highest BCUT2D eigenvalue weighted by Gasteiger charge is 2.16. The molecular formula is C20H25N3O. The van der Waals surface area contributed by atoms with Gasteiger partial charge in [0.25, 0.3) is 0 Å². The minimum absolute atomic E-state index is 0.365. The predicted molar refractivity (Wildman–Crippen MR) is 98.7 cm³/mol. The van der Waals surface area contributed by atoms with Gasteiger partial charge in [0.1, 0.15) is 5.65 Å².